The van der Waals surface area contributed by atoms with Gasteiger partial charge in [0.25, 0.3) is 0 Å². The highest BCUT2D eigenvalue weighted by atomic mass is 35.5. The molecular weight excluding hydrogens is 258 g/mol. The predicted molar refractivity (Wildman–Crippen MR) is 78.4 cm³/mol. The molecule has 0 amide bonds. The lowest BCUT2D eigenvalue weighted by molar-refractivity contribution is 0.532. The van der Waals surface area contributed by atoms with Gasteiger partial charge in [-0.3, -0.25) is 4.68 Å². The molecule has 0 radical (unpaired) electrons. The number of hydrogen-bond acceptors (Lipinski definition) is 2. The number of pyridine rings is 1. The van der Waals surface area contributed by atoms with E-state index in [0.717, 1.165) is 21.9 Å². The minimum atomic E-state index is 0.356. The largest absolute Gasteiger partial charge is 0.270 e. The summed E-state index contributed by atoms with van der Waals surface area (Å²) in [6.45, 7) is 4.22. The van der Waals surface area contributed by atoms with Crippen molar-refractivity contribution < 1.29 is 0 Å². The minimum absolute atomic E-state index is 0.356. The Bertz CT molecular complexity index is 731. The zero-order valence-electron chi connectivity index (χ0n) is 10.8. The third-order valence-corrected chi connectivity index (χ3v) is 3.38. The summed E-state index contributed by atoms with van der Waals surface area (Å²) in [5.41, 5.74) is 2.23. The van der Waals surface area contributed by atoms with Gasteiger partial charge in [-0.2, -0.15) is 5.10 Å². The highest BCUT2D eigenvalue weighted by Gasteiger charge is 2.08. The molecule has 2 heterocycles. The molecule has 4 heteroatoms. The van der Waals surface area contributed by atoms with E-state index in [1.165, 1.54) is 0 Å². The Morgan fingerprint density at radius 3 is 2.79 bits per heavy atom. The van der Waals surface area contributed by atoms with Gasteiger partial charge in [0.05, 0.1) is 6.20 Å². The molecule has 3 rings (SSSR count). The molecule has 0 N–H and O–H groups in total. The summed E-state index contributed by atoms with van der Waals surface area (Å²) in [4.78, 5) is 4.12. The van der Waals surface area contributed by atoms with Crippen LogP contribution in [0.3, 0.4) is 0 Å². The molecular formula is C15H14ClN3. The maximum atomic E-state index is 6.00. The van der Waals surface area contributed by atoms with Crippen LogP contribution in [0, 0.1) is 0 Å². The van der Waals surface area contributed by atoms with Crippen molar-refractivity contribution in [2.45, 2.75) is 19.9 Å². The fourth-order valence-electron chi connectivity index (χ4n) is 2.16. The van der Waals surface area contributed by atoms with Crippen LogP contribution in [0.2, 0.25) is 5.15 Å². The highest BCUT2D eigenvalue weighted by molar-refractivity contribution is 6.30. The van der Waals surface area contributed by atoms with Crippen LogP contribution in [-0.4, -0.2) is 14.8 Å². The van der Waals surface area contributed by atoms with Crippen LogP contribution in [0.5, 0.6) is 0 Å². The van der Waals surface area contributed by atoms with Gasteiger partial charge >= 0.3 is 0 Å². The smallest absolute Gasteiger partial charge is 0.129 e. The van der Waals surface area contributed by atoms with Gasteiger partial charge in [-0.25, -0.2) is 4.98 Å². The van der Waals surface area contributed by atoms with Gasteiger partial charge in [-0.15, -0.1) is 0 Å². The third kappa shape index (κ3) is 2.22. The summed E-state index contributed by atoms with van der Waals surface area (Å²) in [7, 11) is 0. The Morgan fingerprint density at radius 2 is 2.05 bits per heavy atom. The van der Waals surface area contributed by atoms with Crippen LogP contribution in [0.1, 0.15) is 19.9 Å². The van der Waals surface area contributed by atoms with E-state index in [-0.39, 0.29) is 0 Å². The fourth-order valence-corrected chi connectivity index (χ4v) is 2.31. The van der Waals surface area contributed by atoms with Gasteiger partial charge < -0.3 is 0 Å². The topological polar surface area (TPSA) is 30.7 Å². The predicted octanol–water partition coefficient (Wildman–Crippen LogP) is 4.33. The molecule has 2 aromatic heterocycles. The Balaban J connectivity index is 2.20. The SMILES string of the molecule is CC(C)n1cc(-c2cccc3cnc(Cl)cc23)cn1. The molecule has 0 aliphatic heterocycles. The number of nitrogens with zero attached hydrogens (tertiary/aromatic N) is 3. The van der Waals surface area contributed by atoms with Crippen molar-refractivity contribution in [1.82, 2.24) is 14.8 Å². The molecule has 0 bridgehead atoms. The molecule has 0 atom stereocenters. The van der Waals surface area contributed by atoms with Crippen LogP contribution in [0.4, 0.5) is 0 Å². The molecule has 0 saturated carbocycles. The van der Waals surface area contributed by atoms with E-state index in [4.69, 9.17) is 11.6 Å². The average Bonchev–Trinajstić information content (AvgIpc) is 2.87. The molecule has 0 aliphatic rings. The van der Waals surface area contributed by atoms with Crippen molar-refractivity contribution in [3.63, 3.8) is 0 Å². The van der Waals surface area contributed by atoms with E-state index >= 15 is 0 Å². The molecule has 19 heavy (non-hydrogen) atoms. The molecule has 0 fully saturated rings. The second-order valence-electron chi connectivity index (χ2n) is 4.84. The normalized spacial score (nSPS) is 11.4. The van der Waals surface area contributed by atoms with Crippen LogP contribution in [0.15, 0.2) is 42.9 Å². The maximum Gasteiger partial charge on any atom is 0.129 e. The zero-order valence-corrected chi connectivity index (χ0v) is 11.6. The molecule has 0 spiro atoms. The van der Waals surface area contributed by atoms with Crippen LogP contribution in [-0.2, 0) is 0 Å². The van der Waals surface area contributed by atoms with Crippen molar-refractivity contribution in [3.8, 4) is 11.1 Å². The lowest BCUT2D eigenvalue weighted by atomic mass is 10.0. The van der Waals surface area contributed by atoms with E-state index in [1.807, 2.05) is 29.1 Å². The van der Waals surface area contributed by atoms with Gasteiger partial charge in [0.15, 0.2) is 0 Å². The van der Waals surface area contributed by atoms with E-state index in [0.29, 0.717) is 11.2 Å². The van der Waals surface area contributed by atoms with Crippen molar-refractivity contribution >= 4 is 22.4 Å². The third-order valence-electron chi connectivity index (χ3n) is 3.17. The average molecular weight is 272 g/mol. The van der Waals surface area contributed by atoms with Crippen LogP contribution >= 0.6 is 11.6 Å². The molecule has 1 aromatic carbocycles. The molecule has 0 saturated heterocycles. The first kappa shape index (κ1) is 12.2. The van der Waals surface area contributed by atoms with E-state index < -0.39 is 0 Å². The first-order valence-electron chi connectivity index (χ1n) is 6.24. The quantitative estimate of drug-likeness (QED) is 0.650. The summed E-state index contributed by atoms with van der Waals surface area (Å²) < 4.78 is 1.96. The lowest BCUT2D eigenvalue weighted by Gasteiger charge is -2.05. The maximum absolute atomic E-state index is 6.00. The summed E-state index contributed by atoms with van der Waals surface area (Å²) in [5.74, 6) is 0. The Hall–Kier alpha value is -1.87. The van der Waals surface area contributed by atoms with Crippen molar-refractivity contribution in [1.29, 1.82) is 0 Å². The zero-order chi connectivity index (χ0) is 13.4. The number of fused-ring (bicyclic) bond motifs is 1. The summed E-state index contributed by atoms with van der Waals surface area (Å²) in [6.07, 6.45) is 5.75. The first-order valence-corrected chi connectivity index (χ1v) is 6.62. The summed E-state index contributed by atoms with van der Waals surface area (Å²) in [5, 5.41) is 7.08. The van der Waals surface area contributed by atoms with E-state index in [1.54, 1.807) is 6.20 Å². The minimum Gasteiger partial charge on any atom is -0.270 e. The van der Waals surface area contributed by atoms with Gasteiger partial charge in [0.1, 0.15) is 5.15 Å². The molecule has 0 aliphatic carbocycles. The van der Waals surface area contributed by atoms with Gasteiger partial charge in [0, 0.05) is 29.4 Å². The summed E-state index contributed by atoms with van der Waals surface area (Å²) >= 11 is 6.00. The van der Waals surface area contributed by atoms with Crippen molar-refractivity contribution in [3.05, 3.63) is 48.0 Å². The van der Waals surface area contributed by atoms with E-state index in [9.17, 15) is 0 Å². The van der Waals surface area contributed by atoms with E-state index in [2.05, 4.69) is 36.2 Å². The first-order chi connectivity index (χ1) is 9.15. The molecule has 96 valence electrons. The Morgan fingerprint density at radius 1 is 1.21 bits per heavy atom. The molecule has 3 aromatic rings. The van der Waals surface area contributed by atoms with Crippen LogP contribution < -0.4 is 0 Å². The standard InChI is InChI=1S/C15H14ClN3/c1-10(2)19-9-12(8-18-19)13-5-3-4-11-7-17-15(16)6-14(11)13/h3-10H,1-2H3. The Kier molecular flexibility index (Phi) is 2.99. The van der Waals surface area contributed by atoms with Gasteiger partial charge in [-0.05, 0) is 30.9 Å². The number of hydrogen-bond donors (Lipinski definition) is 0. The van der Waals surface area contributed by atoms with Crippen LogP contribution in [0.25, 0.3) is 21.9 Å². The van der Waals surface area contributed by atoms with Gasteiger partial charge in [-0.1, -0.05) is 29.8 Å². The second-order valence-corrected chi connectivity index (χ2v) is 5.22. The number of benzene rings is 1. The Labute approximate surface area is 116 Å². The van der Waals surface area contributed by atoms with Crippen molar-refractivity contribution in [2.75, 3.05) is 0 Å². The second kappa shape index (κ2) is 4.67. The number of rotatable bonds is 2. The monoisotopic (exact) mass is 271 g/mol. The molecule has 0 unspecified atom stereocenters. The van der Waals surface area contributed by atoms with Gasteiger partial charge in [0.2, 0.25) is 0 Å². The molecule has 3 nitrogen and oxygen atoms in total. The fraction of sp³-hybridized carbons (Fsp3) is 0.200. The number of halogens is 1. The highest BCUT2D eigenvalue weighted by Crippen LogP contribution is 2.29. The summed E-state index contributed by atoms with van der Waals surface area (Å²) in [6, 6.07) is 8.41. The number of aromatic nitrogens is 3. The lowest BCUT2D eigenvalue weighted by Crippen LogP contribution is -1.99. The van der Waals surface area contributed by atoms with Crippen molar-refractivity contribution in [2.24, 2.45) is 0 Å².